The van der Waals surface area contributed by atoms with E-state index in [0.29, 0.717) is 19.5 Å². The second-order valence-electron chi connectivity index (χ2n) is 4.59. The Labute approximate surface area is 105 Å². The molecule has 2 amide bonds. The molecule has 7 heteroatoms. The average molecular weight is 260 g/mol. The Kier molecular flexibility index (Phi) is 5.36. The van der Waals surface area contributed by atoms with Crippen molar-refractivity contribution in [1.82, 2.24) is 10.2 Å². The molecule has 104 valence electrons. The van der Waals surface area contributed by atoms with E-state index in [9.17, 15) is 14.7 Å². The minimum atomic E-state index is -1.16. The van der Waals surface area contributed by atoms with Gasteiger partial charge in [0, 0.05) is 32.0 Å². The number of carboxylic acid groups (broad SMARTS) is 1. The lowest BCUT2D eigenvalue weighted by atomic mass is 10.0. The first-order valence-corrected chi connectivity index (χ1v) is 6.03. The predicted molar refractivity (Wildman–Crippen MR) is 63.0 cm³/mol. The number of carboxylic acids is 1. The summed E-state index contributed by atoms with van der Waals surface area (Å²) in [5, 5.41) is 29.4. The van der Waals surface area contributed by atoms with E-state index in [-0.39, 0.29) is 18.9 Å². The Bertz CT molecular complexity index is 308. The van der Waals surface area contributed by atoms with E-state index in [2.05, 4.69) is 5.32 Å². The number of carbonyl (C=O) groups is 2. The molecule has 1 aliphatic rings. The third kappa shape index (κ3) is 3.85. The van der Waals surface area contributed by atoms with Gasteiger partial charge in [-0.05, 0) is 13.3 Å². The zero-order valence-corrected chi connectivity index (χ0v) is 10.4. The van der Waals surface area contributed by atoms with Crippen LogP contribution < -0.4 is 5.32 Å². The summed E-state index contributed by atoms with van der Waals surface area (Å²) < 4.78 is 0. The standard InChI is InChI=1S/C11H20N2O5/c1-7(15)8-2-4-13(6-8)11(18)12-9(3-5-14)10(16)17/h7-9,14-15H,2-6H2,1H3,(H,12,18)(H,16,17). The lowest BCUT2D eigenvalue weighted by Gasteiger charge is -2.21. The molecule has 0 radical (unpaired) electrons. The van der Waals surface area contributed by atoms with Crippen LogP contribution in [-0.4, -0.2) is 64.1 Å². The molecule has 1 rings (SSSR count). The quantitative estimate of drug-likeness (QED) is 0.519. The van der Waals surface area contributed by atoms with Crippen molar-refractivity contribution in [3.8, 4) is 0 Å². The summed E-state index contributed by atoms with van der Waals surface area (Å²) >= 11 is 0. The molecule has 0 spiro atoms. The lowest BCUT2D eigenvalue weighted by molar-refractivity contribution is -0.139. The normalized spacial score (nSPS) is 22.6. The number of rotatable bonds is 5. The highest BCUT2D eigenvalue weighted by atomic mass is 16.4. The van der Waals surface area contributed by atoms with Crippen LogP contribution in [0, 0.1) is 5.92 Å². The van der Waals surface area contributed by atoms with Gasteiger partial charge in [0.1, 0.15) is 6.04 Å². The predicted octanol–water partition coefficient (Wildman–Crippen LogP) is -0.766. The molecule has 18 heavy (non-hydrogen) atoms. The summed E-state index contributed by atoms with van der Waals surface area (Å²) in [7, 11) is 0. The molecule has 1 heterocycles. The van der Waals surface area contributed by atoms with Crippen LogP contribution in [-0.2, 0) is 4.79 Å². The van der Waals surface area contributed by atoms with Crippen molar-refractivity contribution < 1.29 is 24.9 Å². The minimum absolute atomic E-state index is 0.0191. The first kappa shape index (κ1) is 14.7. The van der Waals surface area contributed by atoms with E-state index in [0.717, 1.165) is 0 Å². The maximum atomic E-state index is 11.8. The first-order chi connectivity index (χ1) is 8.45. The summed E-state index contributed by atoms with van der Waals surface area (Å²) in [4.78, 5) is 24.1. The van der Waals surface area contributed by atoms with Crippen molar-refractivity contribution in [3.05, 3.63) is 0 Å². The molecule has 3 unspecified atom stereocenters. The fourth-order valence-electron chi connectivity index (χ4n) is 1.99. The smallest absolute Gasteiger partial charge is 0.326 e. The SMILES string of the molecule is CC(O)C1CCN(C(=O)NC(CCO)C(=O)O)C1. The Morgan fingerprint density at radius 3 is 2.61 bits per heavy atom. The number of nitrogens with one attached hydrogen (secondary N) is 1. The molecule has 0 aliphatic carbocycles. The number of aliphatic hydroxyl groups is 2. The van der Waals surface area contributed by atoms with Crippen molar-refractivity contribution >= 4 is 12.0 Å². The fraction of sp³-hybridized carbons (Fsp3) is 0.818. The van der Waals surface area contributed by atoms with E-state index in [1.807, 2.05) is 0 Å². The van der Waals surface area contributed by atoms with Crippen LogP contribution >= 0.6 is 0 Å². The molecule has 0 bridgehead atoms. The number of amides is 2. The van der Waals surface area contributed by atoms with Gasteiger partial charge in [-0.15, -0.1) is 0 Å². The van der Waals surface area contributed by atoms with Gasteiger partial charge in [0.15, 0.2) is 0 Å². The monoisotopic (exact) mass is 260 g/mol. The highest BCUT2D eigenvalue weighted by Crippen LogP contribution is 2.19. The molecule has 0 aromatic heterocycles. The van der Waals surface area contributed by atoms with Gasteiger partial charge >= 0.3 is 12.0 Å². The number of hydrogen-bond acceptors (Lipinski definition) is 4. The summed E-state index contributed by atoms with van der Waals surface area (Å²) in [6.07, 6.45) is 0.216. The van der Waals surface area contributed by atoms with Crippen molar-refractivity contribution in [3.63, 3.8) is 0 Å². The minimum Gasteiger partial charge on any atom is -0.480 e. The molecular formula is C11H20N2O5. The van der Waals surface area contributed by atoms with Gasteiger partial charge in [-0.1, -0.05) is 0 Å². The molecule has 0 saturated carbocycles. The van der Waals surface area contributed by atoms with Gasteiger partial charge in [-0.3, -0.25) is 0 Å². The molecule has 1 fully saturated rings. The van der Waals surface area contributed by atoms with E-state index >= 15 is 0 Å². The third-order valence-corrected chi connectivity index (χ3v) is 3.21. The van der Waals surface area contributed by atoms with E-state index < -0.39 is 24.1 Å². The van der Waals surface area contributed by atoms with E-state index in [1.54, 1.807) is 6.92 Å². The second kappa shape index (κ2) is 6.55. The molecule has 4 N–H and O–H groups in total. The third-order valence-electron chi connectivity index (χ3n) is 3.21. The van der Waals surface area contributed by atoms with Crippen molar-refractivity contribution in [2.75, 3.05) is 19.7 Å². The Morgan fingerprint density at radius 1 is 1.50 bits per heavy atom. The average Bonchev–Trinajstić information content (AvgIpc) is 2.77. The fourth-order valence-corrected chi connectivity index (χ4v) is 1.99. The van der Waals surface area contributed by atoms with E-state index in [4.69, 9.17) is 10.2 Å². The zero-order chi connectivity index (χ0) is 13.7. The van der Waals surface area contributed by atoms with Crippen LogP contribution in [0.25, 0.3) is 0 Å². The van der Waals surface area contributed by atoms with Gasteiger partial charge in [0.25, 0.3) is 0 Å². The first-order valence-electron chi connectivity index (χ1n) is 6.03. The number of carbonyl (C=O) groups excluding carboxylic acids is 1. The summed E-state index contributed by atoms with van der Waals surface area (Å²) in [5.41, 5.74) is 0. The maximum absolute atomic E-state index is 11.8. The largest absolute Gasteiger partial charge is 0.480 e. The van der Waals surface area contributed by atoms with Crippen LogP contribution in [0.1, 0.15) is 19.8 Å². The summed E-state index contributed by atoms with van der Waals surface area (Å²) in [6.45, 7) is 2.31. The van der Waals surface area contributed by atoms with Crippen molar-refractivity contribution in [1.29, 1.82) is 0 Å². The zero-order valence-electron chi connectivity index (χ0n) is 10.4. The van der Waals surface area contributed by atoms with Crippen molar-refractivity contribution in [2.45, 2.75) is 31.9 Å². The number of urea groups is 1. The molecular weight excluding hydrogens is 240 g/mol. The van der Waals surface area contributed by atoms with Crippen LogP contribution in [0.15, 0.2) is 0 Å². The van der Waals surface area contributed by atoms with Gasteiger partial charge in [-0.2, -0.15) is 0 Å². The number of aliphatic carboxylic acids is 1. The highest BCUT2D eigenvalue weighted by molar-refractivity contribution is 5.82. The number of likely N-dealkylation sites (tertiary alicyclic amines) is 1. The van der Waals surface area contributed by atoms with Gasteiger partial charge in [-0.25, -0.2) is 9.59 Å². The van der Waals surface area contributed by atoms with Gasteiger partial charge < -0.3 is 25.5 Å². The van der Waals surface area contributed by atoms with Crippen LogP contribution in [0.3, 0.4) is 0 Å². The maximum Gasteiger partial charge on any atom is 0.326 e. The molecule has 0 aromatic rings. The Balaban J connectivity index is 2.48. The summed E-state index contributed by atoms with van der Waals surface area (Å²) in [5.74, 6) is -1.12. The van der Waals surface area contributed by atoms with Gasteiger partial charge in [0.05, 0.1) is 6.10 Å². The topological polar surface area (TPSA) is 110 Å². The van der Waals surface area contributed by atoms with Crippen LogP contribution in [0.5, 0.6) is 0 Å². The number of nitrogens with zero attached hydrogens (tertiary/aromatic N) is 1. The highest BCUT2D eigenvalue weighted by Gasteiger charge is 2.30. The van der Waals surface area contributed by atoms with E-state index in [1.165, 1.54) is 4.90 Å². The molecule has 1 saturated heterocycles. The van der Waals surface area contributed by atoms with Crippen LogP contribution in [0.2, 0.25) is 0 Å². The molecule has 0 aromatic carbocycles. The lowest BCUT2D eigenvalue weighted by Crippen LogP contribution is -2.47. The Morgan fingerprint density at radius 2 is 2.17 bits per heavy atom. The number of hydrogen-bond donors (Lipinski definition) is 4. The molecule has 1 aliphatic heterocycles. The Hall–Kier alpha value is -1.34. The van der Waals surface area contributed by atoms with Gasteiger partial charge in [0.2, 0.25) is 0 Å². The second-order valence-corrected chi connectivity index (χ2v) is 4.59. The summed E-state index contributed by atoms with van der Waals surface area (Å²) in [6, 6.07) is -1.54. The van der Waals surface area contributed by atoms with Crippen molar-refractivity contribution in [2.24, 2.45) is 5.92 Å². The molecule has 3 atom stereocenters. The molecule has 7 nitrogen and oxygen atoms in total. The van der Waals surface area contributed by atoms with Crippen LogP contribution in [0.4, 0.5) is 4.79 Å². The number of aliphatic hydroxyl groups excluding tert-OH is 2.